The van der Waals surface area contributed by atoms with Crippen LogP contribution in [0.25, 0.3) is 0 Å². The third kappa shape index (κ3) is 3.84. The van der Waals surface area contributed by atoms with E-state index in [1.165, 1.54) is 30.3 Å². The monoisotopic (exact) mass is 344 g/mol. The van der Waals surface area contributed by atoms with Crippen LogP contribution in [0.2, 0.25) is 5.02 Å². The van der Waals surface area contributed by atoms with E-state index < -0.39 is 11.9 Å². The van der Waals surface area contributed by atoms with Crippen LogP contribution in [0, 0.1) is 17.1 Å². The molecule has 0 heterocycles. The van der Waals surface area contributed by atoms with Gasteiger partial charge in [-0.15, -0.1) is 0 Å². The van der Waals surface area contributed by atoms with Crippen LogP contribution in [0.3, 0.4) is 0 Å². The van der Waals surface area contributed by atoms with E-state index in [-0.39, 0.29) is 22.7 Å². The summed E-state index contributed by atoms with van der Waals surface area (Å²) in [7, 11) is 0. The molecule has 3 rings (SSSR count). The number of nitrogens with zero attached hydrogens (tertiary/aromatic N) is 1. The van der Waals surface area contributed by atoms with Gasteiger partial charge in [0, 0.05) is 11.6 Å². The zero-order valence-electron chi connectivity index (χ0n) is 12.6. The molecule has 1 atom stereocenters. The molecule has 1 N–H and O–H groups in total. The molecule has 0 spiro atoms. The molecule has 1 aliphatic carbocycles. The maximum absolute atomic E-state index is 13.2. The molecule has 122 valence electrons. The van der Waals surface area contributed by atoms with Gasteiger partial charge in [0.2, 0.25) is 6.10 Å². The second-order valence-corrected chi connectivity index (χ2v) is 6.00. The van der Waals surface area contributed by atoms with E-state index in [4.69, 9.17) is 21.6 Å². The molecule has 0 radical (unpaired) electrons. The van der Waals surface area contributed by atoms with E-state index in [1.807, 2.05) is 6.07 Å². The molecule has 24 heavy (non-hydrogen) atoms. The lowest BCUT2D eigenvalue weighted by atomic mass is 10.1. The normalized spacial score (nSPS) is 14.5. The Morgan fingerprint density at radius 1 is 1.29 bits per heavy atom. The highest BCUT2D eigenvalue weighted by molar-refractivity contribution is 6.32. The van der Waals surface area contributed by atoms with Crippen LogP contribution < -0.4 is 10.1 Å². The van der Waals surface area contributed by atoms with Gasteiger partial charge in [-0.3, -0.25) is 4.79 Å². The number of nitriles is 1. The SMILES string of the molecule is N#Cc1ccc(OC(C(=O)NC2CC2)c2ccc(F)cc2)c(Cl)c1. The van der Waals surface area contributed by atoms with Crippen molar-refractivity contribution in [1.29, 1.82) is 5.26 Å². The fourth-order valence-electron chi connectivity index (χ4n) is 2.21. The quantitative estimate of drug-likeness (QED) is 0.898. The number of halogens is 2. The highest BCUT2D eigenvalue weighted by Gasteiger charge is 2.30. The summed E-state index contributed by atoms with van der Waals surface area (Å²) in [6.45, 7) is 0. The number of hydrogen-bond acceptors (Lipinski definition) is 3. The Bertz CT molecular complexity index is 798. The molecule has 1 unspecified atom stereocenters. The first-order valence-electron chi connectivity index (χ1n) is 7.49. The average Bonchev–Trinajstić information content (AvgIpc) is 3.38. The molecule has 0 aromatic heterocycles. The Hall–Kier alpha value is -2.58. The molecule has 0 saturated heterocycles. The van der Waals surface area contributed by atoms with Crippen molar-refractivity contribution in [2.24, 2.45) is 0 Å². The molecule has 1 fully saturated rings. The maximum atomic E-state index is 13.2. The Morgan fingerprint density at radius 3 is 2.58 bits per heavy atom. The van der Waals surface area contributed by atoms with Gasteiger partial charge in [0.15, 0.2) is 0 Å². The van der Waals surface area contributed by atoms with Crippen LogP contribution in [0.5, 0.6) is 5.75 Å². The zero-order chi connectivity index (χ0) is 17.1. The number of amides is 1. The maximum Gasteiger partial charge on any atom is 0.266 e. The summed E-state index contributed by atoms with van der Waals surface area (Å²) < 4.78 is 18.9. The van der Waals surface area contributed by atoms with Crippen LogP contribution >= 0.6 is 11.6 Å². The van der Waals surface area contributed by atoms with Crippen molar-refractivity contribution in [3.63, 3.8) is 0 Å². The third-order valence-electron chi connectivity index (χ3n) is 3.64. The first-order valence-corrected chi connectivity index (χ1v) is 7.87. The van der Waals surface area contributed by atoms with Crippen LogP contribution in [-0.4, -0.2) is 11.9 Å². The van der Waals surface area contributed by atoms with E-state index >= 15 is 0 Å². The van der Waals surface area contributed by atoms with Crippen LogP contribution in [0.15, 0.2) is 42.5 Å². The molecule has 1 aliphatic rings. The van der Waals surface area contributed by atoms with Crippen LogP contribution in [-0.2, 0) is 4.79 Å². The summed E-state index contributed by atoms with van der Waals surface area (Å²) in [4.78, 5) is 12.5. The van der Waals surface area contributed by atoms with Crippen LogP contribution in [0.4, 0.5) is 4.39 Å². The highest BCUT2D eigenvalue weighted by atomic mass is 35.5. The van der Waals surface area contributed by atoms with Gasteiger partial charge in [-0.1, -0.05) is 23.7 Å². The van der Waals surface area contributed by atoms with Crippen molar-refractivity contribution < 1.29 is 13.9 Å². The molecular weight excluding hydrogens is 331 g/mol. The molecule has 0 bridgehead atoms. The van der Waals surface area contributed by atoms with E-state index in [1.54, 1.807) is 12.1 Å². The van der Waals surface area contributed by atoms with E-state index in [9.17, 15) is 9.18 Å². The molecule has 2 aromatic rings. The van der Waals surface area contributed by atoms with E-state index in [2.05, 4.69) is 5.32 Å². The van der Waals surface area contributed by atoms with Crippen molar-refractivity contribution in [3.8, 4) is 11.8 Å². The molecule has 2 aromatic carbocycles. The predicted octanol–water partition coefficient (Wildman–Crippen LogP) is 3.75. The summed E-state index contributed by atoms with van der Waals surface area (Å²) in [5, 5.41) is 12.0. The van der Waals surface area contributed by atoms with Crippen molar-refractivity contribution in [2.45, 2.75) is 25.0 Å². The van der Waals surface area contributed by atoms with E-state index in [0.717, 1.165) is 12.8 Å². The van der Waals surface area contributed by atoms with Gasteiger partial charge in [-0.25, -0.2) is 4.39 Å². The van der Waals surface area contributed by atoms with Gasteiger partial charge in [0.1, 0.15) is 11.6 Å². The number of benzene rings is 2. The molecule has 6 heteroatoms. The van der Waals surface area contributed by atoms with Crippen molar-refractivity contribution in [1.82, 2.24) is 5.32 Å². The number of carbonyl (C=O) groups is 1. The lowest BCUT2D eigenvalue weighted by Gasteiger charge is -2.20. The zero-order valence-corrected chi connectivity index (χ0v) is 13.4. The third-order valence-corrected chi connectivity index (χ3v) is 3.94. The topological polar surface area (TPSA) is 62.1 Å². The van der Waals surface area contributed by atoms with Crippen molar-refractivity contribution in [2.75, 3.05) is 0 Å². The largest absolute Gasteiger partial charge is 0.474 e. The fourth-order valence-corrected chi connectivity index (χ4v) is 2.43. The van der Waals surface area contributed by atoms with Gasteiger partial charge >= 0.3 is 0 Å². The summed E-state index contributed by atoms with van der Waals surface area (Å²) in [5.41, 5.74) is 0.920. The lowest BCUT2D eigenvalue weighted by Crippen LogP contribution is -2.33. The standard InChI is InChI=1S/C18H14ClFN2O2/c19-15-9-11(10-21)1-8-16(15)24-17(18(23)22-14-6-7-14)12-2-4-13(20)5-3-12/h1-5,8-9,14,17H,6-7H2,(H,22,23). The van der Waals surface area contributed by atoms with Gasteiger partial charge in [-0.05, 0) is 43.2 Å². The van der Waals surface area contributed by atoms with Gasteiger partial charge in [0.25, 0.3) is 5.91 Å². The summed E-state index contributed by atoms with van der Waals surface area (Å²) in [5.74, 6) is -0.406. The molecule has 1 amide bonds. The van der Waals surface area contributed by atoms with Crippen molar-refractivity contribution in [3.05, 3.63) is 64.4 Å². The lowest BCUT2D eigenvalue weighted by molar-refractivity contribution is -0.128. The summed E-state index contributed by atoms with van der Waals surface area (Å²) in [6.07, 6.45) is 0.940. The average molecular weight is 345 g/mol. The summed E-state index contributed by atoms with van der Waals surface area (Å²) in [6, 6.07) is 12.3. The Morgan fingerprint density at radius 2 is 2.00 bits per heavy atom. The Kier molecular flexibility index (Phi) is 4.68. The van der Waals surface area contributed by atoms with Gasteiger partial charge in [0.05, 0.1) is 16.7 Å². The fraction of sp³-hybridized carbons (Fsp3) is 0.222. The molecule has 1 saturated carbocycles. The van der Waals surface area contributed by atoms with E-state index in [0.29, 0.717) is 11.1 Å². The molecule has 4 nitrogen and oxygen atoms in total. The number of rotatable bonds is 5. The van der Waals surface area contributed by atoms with Crippen LogP contribution in [0.1, 0.15) is 30.1 Å². The van der Waals surface area contributed by atoms with Gasteiger partial charge in [-0.2, -0.15) is 5.26 Å². The molecular formula is C18H14ClFN2O2. The molecule has 0 aliphatic heterocycles. The minimum atomic E-state index is -0.948. The Labute approximate surface area is 143 Å². The number of ether oxygens (including phenoxy) is 1. The first-order chi connectivity index (χ1) is 11.6. The van der Waals surface area contributed by atoms with Crippen molar-refractivity contribution >= 4 is 17.5 Å². The van der Waals surface area contributed by atoms with Gasteiger partial charge < -0.3 is 10.1 Å². The first kappa shape index (κ1) is 16.3. The smallest absolute Gasteiger partial charge is 0.266 e. The second-order valence-electron chi connectivity index (χ2n) is 5.59. The minimum absolute atomic E-state index is 0.167. The number of hydrogen-bond donors (Lipinski definition) is 1. The number of nitrogens with one attached hydrogen (secondary N) is 1. The predicted molar refractivity (Wildman–Crippen MR) is 87.1 cm³/mol. The second kappa shape index (κ2) is 6.90. The minimum Gasteiger partial charge on any atom is -0.474 e. The Balaban J connectivity index is 1.87. The summed E-state index contributed by atoms with van der Waals surface area (Å²) >= 11 is 6.12. The number of carbonyl (C=O) groups excluding carboxylic acids is 1. The highest BCUT2D eigenvalue weighted by Crippen LogP contribution is 2.31.